The molecule has 0 aliphatic heterocycles. The quantitative estimate of drug-likeness (QED) is 0.201. The monoisotopic (exact) mass is 588 g/mol. The van der Waals surface area contributed by atoms with Crippen molar-refractivity contribution in [2.75, 3.05) is 0 Å². The van der Waals surface area contributed by atoms with Crippen molar-refractivity contribution in [2.45, 2.75) is 0 Å². The molecule has 0 unspecified atom stereocenters. The van der Waals surface area contributed by atoms with Crippen molar-refractivity contribution < 1.29 is 4.42 Å². The Morgan fingerprint density at radius 1 is 0.488 bits per heavy atom. The SMILES string of the molecule is c1ccc(-c2sc(/N=c3/oc(-c4cccc5ccccc45)c(-c4ccccc4)s3)nc2-c2cccc3ccccc23)cc1. The van der Waals surface area contributed by atoms with Crippen molar-refractivity contribution in [2.24, 2.45) is 4.99 Å². The largest absolute Gasteiger partial charge is 0.429 e. The molecule has 43 heavy (non-hydrogen) atoms. The van der Waals surface area contributed by atoms with Crippen LogP contribution in [0.25, 0.3) is 65.0 Å². The van der Waals surface area contributed by atoms with Gasteiger partial charge in [-0.3, -0.25) is 0 Å². The number of thiazole rings is 1. The van der Waals surface area contributed by atoms with E-state index in [4.69, 9.17) is 14.4 Å². The van der Waals surface area contributed by atoms with E-state index in [2.05, 4.69) is 133 Å². The van der Waals surface area contributed by atoms with Gasteiger partial charge < -0.3 is 4.42 Å². The number of hydrogen-bond acceptors (Lipinski definition) is 5. The Morgan fingerprint density at radius 2 is 1.02 bits per heavy atom. The van der Waals surface area contributed by atoms with Crippen molar-refractivity contribution in [3.63, 3.8) is 0 Å². The summed E-state index contributed by atoms with van der Waals surface area (Å²) in [7, 11) is 0. The number of fused-ring (bicyclic) bond motifs is 2. The van der Waals surface area contributed by atoms with Crippen LogP contribution in [0.15, 0.2) is 155 Å². The molecule has 0 radical (unpaired) electrons. The molecular formula is C38H24N2OS2. The van der Waals surface area contributed by atoms with Crippen molar-refractivity contribution in [1.29, 1.82) is 0 Å². The highest BCUT2D eigenvalue weighted by atomic mass is 32.1. The second-order valence-corrected chi connectivity index (χ2v) is 12.1. The van der Waals surface area contributed by atoms with Gasteiger partial charge in [-0.2, -0.15) is 4.99 Å². The van der Waals surface area contributed by atoms with Crippen molar-refractivity contribution in [3.05, 3.63) is 150 Å². The second-order valence-electron chi connectivity index (χ2n) is 10.2. The van der Waals surface area contributed by atoms with E-state index < -0.39 is 0 Å². The topological polar surface area (TPSA) is 38.4 Å². The van der Waals surface area contributed by atoms with E-state index in [1.54, 1.807) is 22.7 Å². The van der Waals surface area contributed by atoms with Crippen LogP contribution >= 0.6 is 22.7 Å². The number of benzene rings is 6. The molecule has 0 atom stereocenters. The number of nitrogens with zero attached hydrogens (tertiary/aromatic N) is 2. The predicted molar refractivity (Wildman–Crippen MR) is 181 cm³/mol. The molecule has 0 aliphatic rings. The van der Waals surface area contributed by atoms with Gasteiger partial charge in [0.2, 0.25) is 5.13 Å². The molecule has 0 saturated carbocycles. The molecule has 0 saturated heterocycles. The van der Waals surface area contributed by atoms with Crippen LogP contribution in [0.2, 0.25) is 0 Å². The molecule has 6 aromatic carbocycles. The molecule has 0 spiro atoms. The van der Waals surface area contributed by atoms with Gasteiger partial charge in [-0.1, -0.05) is 168 Å². The molecule has 0 fully saturated rings. The van der Waals surface area contributed by atoms with E-state index in [1.165, 1.54) is 16.2 Å². The molecule has 8 rings (SSSR count). The Kier molecular flexibility index (Phi) is 6.52. The highest BCUT2D eigenvalue weighted by Crippen LogP contribution is 2.43. The van der Waals surface area contributed by atoms with E-state index in [0.29, 0.717) is 10.00 Å². The summed E-state index contributed by atoms with van der Waals surface area (Å²) in [6.07, 6.45) is 0. The normalized spacial score (nSPS) is 11.9. The molecule has 2 heterocycles. The van der Waals surface area contributed by atoms with E-state index >= 15 is 0 Å². The van der Waals surface area contributed by atoms with Gasteiger partial charge in [0, 0.05) is 11.1 Å². The Hall–Kier alpha value is -5.10. The molecular weight excluding hydrogens is 565 g/mol. The highest BCUT2D eigenvalue weighted by Gasteiger charge is 2.19. The smallest absolute Gasteiger partial charge is 0.282 e. The molecule has 0 bridgehead atoms. The zero-order chi connectivity index (χ0) is 28.6. The standard InChI is InChI=1S/C38H24N2OS2/c1-3-15-27(16-4-1)35-33(31-23-11-19-25-13-7-9-21-29(25)31)39-37(42-35)40-38-41-34(36(43-38)28-17-5-2-6-18-28)32-24-12-20-26-14-8-10-22-30(26)32/h1-24H/b40-38-. The molecule has 204 valence electrons. The number of aromatic nitrogens is 1. The molecule has 0 N–H and O–H groups in total. The van der Waals surface area contributed by atoms with E-state index in [0.717, 1.165) is 48.8 Å². The first-order chi connectivity index (χ1) is 21.3. The summed E-state index contributed by atoms with van der Waals surface area (Å²) in [6.45, 7) is 0. The first-order valence-corrected chi connectivity index (χ1v) is 15.7. The Labute approximate surface area is 256 Å². The van der Waals surface area contributed by atoms with Gasteiger partial charge in [0.1, 0.15) is 0 Å². The van der Waals surface area contributed by atoms with E-state index in [9.17, 15) is 0 Å². The summed E-state index contributed by atoms with van der Waals surface area (Å²) in [4.78, 5) is 12.9. The molecule has 3 nitrogen and oxygen atoms in total. The lowest BCUT2D eigenvalue weighted by Gasteiger charge is -2.06. The summed E-state index contributed by atoms with van der Waals surface area (Å²) in [6, 6.07) is 50.4. The van der Waals surface area contributed by atoms with Crippen LogP contribution in [0.4, 0.5) is 5.13 Å². The average Bonchev–Trinajstić information content (AvgIpc) is 3.69. The summed E-state index contributed by atoms with van der Waals surface area (Å²) < 4.78 is 6.62. The van der Waals surface area contributed by atoms with Crippen molar-refractivity contribution >= 4 is 49.4 Å². The fraction of sp³-hybridized carbons (Fsp3) is 0. The third-order valence-corrected chi connectivity index (χ3v) is 9.51. The molecule has 2 aromatic heterocycles. The number of rotatable bonds is 5. The number of hydrogen-bond donors (Lipinski definition) is 0. The Balaban J connectivity index is 1.34. The fourth-order valence-electron chi connectivity index (χ4n) is 5.55. The minimum Gasteiger partial charge on any atom is -0.429 e. The van der Waals surface area contributed by atoms with E-state index in [1.807, 2.05) is 12.1 Å². The Morgan fingerprint density at radius 3 is 1.70 bits per heavy atom. The maximum atomic E-state index is 6.62. The van der Waals surface area contributed by atoms with E-state index in [-0.39, 0.29) is 0 Å². The van der Waals surface area contributed by atoms with Gasteiger partial charge in [-0.05, 0) is 32.7 Å². The van der Waals surface area contributed by atoms with Crippen LogP contribution in [0, 0.1) is 0 Å². The zero-order valence-corrected chi connectivity index (χ0v) is 24.6. The first-order valence-electron chi connectivity index (χ1n) is 14.1. The average molecular weight is 589 g/mol. The van der Waals surface area contributed by atoms with Crippen molar-refractivity contribution in [1.82, 2.24) is 4.98 Å². The fourth-order valence-corrected chi connectivity index (χ4v) is 7.49. The molecule has 5 heteroatoms. The van der Waals surface area contributed by atoms with Gasteiger partial charge in [0.25, 0.3) is 4.87 Å². The first kappa shape index (κ1) is 25.6. The summed E-state index contributed by atoms with van der Waals surface area (Å²) in [5.74, 6) is 0.820. The summed E-state index contributed by atoms with van der Waals surface area (Å²) in [5.41, 5.74) is 5.30. The van der Waals surface area contributed by atoms with Gasteiger partial charge in [0.05, 0.1) is 15.4 Å². The molecule has 0 amide bonds. The molecule has 0 aliphatic carbocycles. The van der Waals surface area contributed by atoms with Gasteiger partial charge in [0.15, 0.2) is 5.76 Å². The lowest BCUT2D eigenvalue weighted by Crippen LogP contribution is -1.89. The predicted octanol–water partition coefficient (Wildman–Crippen LogP) is 11.0. The van der Waals surface area contributed by atoms with Crippen LogP contribution in [0.1, 0.15) is 0 Å². The minimum atomic E-state index is 0.569. The molecule has 8 aromatic rings. The lowest BCUT2D eigenvalue weighted by molar-refractivity contribution is 0.540. The highest BCUT2D eigenvalue weighted by molar-refractivity contribution is 7.19. The third kappa shape index (κ3) is 4.79. The second kappa shape index (κ2) is 11.0. The van der Waals surface area contributed by atoms with Crippen LogP contribution in [0.3, 0.4) is 0 Å². The summed E-state index contributed by atoms with van der Waals surface area (Å²) >= 11 is 3.14. The van der Waals surface area contributed by atoms with Gasteiger partial charge in [-0.25, -0.2) is 4.98 Å². The van der Waals surface area contributed by atoms with Gasteiger partial charge >= 0.3 is 0 Å². The zero-order valence-electron chi connectivity index (χ0n) is 23.0. The van der Waals surface area contributed by atoms with Crippen molar-refractivity contribution in [3.8, 4) is 43.5 Å². The van der Waals surface area contributed by atoms with Crippen LogP contribution < -0.4 is 4.87 Å². The lowest BCUT2D eigenvalue weighted by atomic mass is 10.00. The minimum absolute atomic E-state index is 0.569. The Bertz CT molecular complexity index is 2290. The van der Waals surface area contributed by atoms with Crippen LogP contribution in [-0.4, -0.2) is 4.98 Å². The third-order valence-electron chi connectivity index (χ3n) is 7.54. The van der Waals surface area contributed by atoms with Crippen LogP contribution in [-0.2, 0) is 0 Å². The van der Waals surface area contributed by atoms with Gasteiger partial charge in [-0.15, -0.1) is 0 Å². The summed E-state index contributed by atoms with van der Waals surface area (Å²) in [5, 5.41) is 5.34. The maximum Gasteiger partial charge on any atom is 0.282 e. The maximum absolute atomic E-state index is 6.62. The van der Waals surface area contributed by atoms with Crippen LogP contribution in [0.5, 0.6) is 0 Å².